The smallest absolute Gasteiger partial charge is 0.398 e. The number of benzene rings is 1. The van der Waals surface area contributed by atoms with Crippen LogP contribution in [0.5, 0.6) is 0 Å². The molecule has 0 atom stereocenters. The van der Waals surface area contributed by atoms with Crippen molar-refractivity contribution in [2.24, 2.45) is 4.99 Å². The van der Waals surface area contributed by atoms with Crippen molar-refractivity contribution >= 4 is 23.5 Å². The molecule has 1 aromatic carbocycles. The molecule has 0 saturated carbocycles. The maximum atomic E-state index is 14.0. The number of carbonyl (C=O) groups excluding carboxylic acids is 1. The fraction of sp³-hybridized carbons (Fsp3) is 0.188. The number of rotatable bonds is 5. The summed E-state index contributed by atoms with van der Waals surface area (Å²) >= 11 is 0. The third-order valence-electron chi connectivity index (χ3n) is 3.15. The Balaban J connectivity index is 2.27. The number of nitrogen functional groups attached to an aromatic ring is 1. The molecule has 10 heteroatoms. The molecule has 1 heterocycles. The van der Waals surface area contributed by atoms with E-state index in [4.69, 9.17) is 10.8 Å². The number of amides is 1. The Hall–Kier alpha value is -3.01. The van der Waals surface area contributed by atoms with Crippen molar-refractivity contribution < 1.29 is 27.5 Å². The van der Waals surface area contributed by atoms with E-state index in [2.05, 4.69) is 15.3 Å². The number of alkyl halides is 3. The van der Waals surface area contributed by atoms with Gasteiger partial charge < -0.3 is 16.2 Å². The number of hydrogen-bond donors (Lipinski definition) is 3. The summed E-state index contributed by atoms with van der Waals surface area (Å²) in [6, 6.07) is 4.93. The lowest BCUT2D eigenvalue weighted by molar-refractivity contribution is -0.141. The maximum absolute atomic E-state index is 14.0. The predicted octanol–water partition coefficient (Wildman–Crippen LogP) is 2.49. The summed E-state index contributed by atoms with van der Waals surface area (Å²) in [6.45, 7) is -0.0882. The summed E-state index contributed by atoms with van der Waals surface area (Å²) in [7, 11) is 0. The van der Waals surface area contributed by atoms with E-state index in [9.17, 15) is 22.4 Å². The monoisotopic (exact) mass is 370 g/mol. The number of anilines is 2. The zero-order valence-corrected chi connectivity index (χ0v) is 13.2. The van der Waals surface area contributed by atoms with E-state index >= 15 is 0 Å². The van der Waals surface area contributed by atoms with E-state index in [1.54, 1.807) is 0 Å². The number of aliphatic hydroxyl groups excluding tert-OH is 1. The van der Waals surface area contributed by atoms with Gasteiger partial charge in [-0.25, -0.2) is 9.37 Å². The number of aliphatic imine (C=N–C) groups is 1. The number of carbonyl (C=O) groups is 1. The molecule has 0 unspecified atom stereocenters. The molecule has 4 N–H and O–H groups in total. The van der Waals surface area contributed by atoms with Crippen LogP contribution in [0.4, 0.5) is 28.9 Å². The summed E-state index contributed by atoms with van der Waals surface area (Å²) in [5.74, 6) is -1.89. The second-order valence-electron chi connectivity index (χ2n) is 5.08. The molecule has 138 valence electrons. The van der Waals surface area contributed by atoms with Gasteiger partial charge in [-0.3, -0.25) is 9.79 Å². The molecule has 0 saturated heterocycles. The summed E-state index contributed by atoms with van der Waals surface area (Å²) in [5, 5.41) is 10.8. The fourth-order valence-corrected chi connectivity index (χ4v) is 1.94. The van der Waals surface area contributed by atoms with Crippen LogP contribution in [-0.4, -0.2) is 35.4 Å². The number of aromatic nitrogens is 1. The third-order valence-corrected chi connectivity index (χ3v) is 3.15. The first-order chi connectivity index (χ1) is 12.2. The van der Waals surface area contributed by atoms with Gasteiger partial charge in [-0.05, 0) is 24.3 Å². The minimum absolute atomic E-state index is 0.0411. The first kappa shape index (κ1) is 19.3. The average Bonchev–Trinajstić information content (AvgIpc) is 2.58. The molecule has 0 radical (unpaired) electrons. The Kier molecular flexibility index (Phi) is 5.88. The molecule has 6 nitrogen and oxygen atoms in total. The Morgan fingerprint density at radius 3 is 2.73 bits per heavy atom. The molecule has 0 aliphatic heterocycles. The van der Waals surface area contributed by atoms with Crippen LogP contribution < -0.4 is 11.1 Å². The standard InChI is InChI=1S/C16H14F4N4O2/c17-10-7-11(21)9(8-22-4-5-25)6-13(10)24-15(26)12-2-1-3-14(23-12)16(18,19)20/h1-3,6-8,25H,4-5,21H2,(H,24,26). The molecule has 0 spiro atoms. The highest BCUT2D eigenvalue weighted by Gasteiger charge is 2.33. The Morgan fingerprint density at radius 2 is 2.08 bits per heavy atom. The van der Waals surface area contributed by atoms with Crippen molar-refractivity contribution in [2.75, 3.05) is 24.2 Å². The van der Waals surface area contributed by atoms with Crippen LogP contribution in [0, 0.1) is 5.82 Å². The summed E-state index contributed by atoms with van der Waals surface area (Å²) in [4.78, 5) is 19.2. The number of nitrogens with one attached hydrogen (secondary N) is 1. The number of hydrogen-bond acceptors (Lipinski definition) is 5. The van der Waals surface area contributed by atoms with Gasteiger partial charge in [0.05, 0.1) is 18.8 Å². The highest BCUT2D eigenvalue weighted by Crippen LogP contribution is 2.27. The van der Waals surface area contributed by atoms with E-state index < -0.39 is 29.3 Å². The van der Waals surface area contributed by atoms with Gasteiger partial charge in [0, 0.05) is 17.5 Å². The average molecular weight is 370 g/mol. The van der Waals surface area contributed by atoms with Crippen LogP contribution in [0.15, 0.2) is 35.3 Å². The van der Waals surface area contributed by atoms with Gasteiger partial charge in [0.1, 0.15) is 17.2 Å². The van der Waals surface area contributed by atoms with Crippen LogP contribution in [0.1, 0.15) is 21.7 Å². The molecule has 2 rings (SSSR count). The quantitative estimate of drug-likeness (QED) is 0.428. The van der Waals surface area contributed by atoms with Crippen molar-refractivity contribution in [3.63, 3.8) is 0 Å². The molecule has 0 aliphatic rings. The second-order valence-corrected chi connectivity index (χ2v) is 5.08. The Labute approximate surface area is 145 Å². The van der Waals surface area contributed by atoms with Crippen LogP contribution in [0.3, 0.4) is 0 Å². The number of nitrogens with two attached hydrogens (primary N) is 1. The van der Waals surface area contributed by atoms with Crippen molar-refractivity contribution in [1.29, 1.82) is 0 Å². The van der Waals surface area contributed by atoms with Crippen LogP contribution in [-0.2, 0) is 6.18 Å². The summed E-state index contributed by atoms with van der Waals surface area (Å²) < 4.78 is 52.0. The van der Waals surface area contributed by atoms with Crippen molar-refractivity contribution in [3.05, 3.63) is 53.1 Å². The molecule has 1 amide bonds. The molecule has 1 aromatic heterocycles. The third kappa shape index (κ3) is 4.76. The molecule has 0 fully saturated rings. The Morgan fingerprint density at radius 1 is 1.35 bits per heavy atom. The molecule has 2 aromatic rings. The second kappa shape index (κ2) is 7.91. The minimum Gasteiger partial charge on any atom is -0.398 e. The van der Waals surface area contributed by atoms with E-state index in [1.807, 2.05) is 0 Å². The van der Waals surface area contributed by atoms with Crippen molar-refractivity contribution in [3.8, 4) is 0 Å². The predicted molar refractivity (Wildman–Crippen MR) is 87.6 cm³/mol. The number of halogens is 4. The molecular weight excluding hydrogens is 356 g/mol. The Bertz CT molecular complexity index is 837. The lowest BCUT2D eigenvalue weighted by atomic mass is 10.1. The van der Waals surface area contributed by atoms with Gasteiger partial charge in [-0.2, -0.15) is 13.2 Å². The first-order valence-corrected chi connectivity index (χ1v) is 7.27. The molecule has 26 heavy (non-hydrogen) atoms. The summed E-state index contributed by atoms with van der Waals surface area (Å²) in [6.07, 6.45) is -3.43. The first-order valence-electron chi connectivity index (χ1n) is 7.27. The number of nitrogens with zero attached hydrogens (tertiary/aromatic N) is 2. The van der Waals surface area contributed by atoms with Crippen molar-refractivity contribution in [2.45, 2.75) is 6.18 Å². The lowest BCUT2D eigenvalue weighted by Crippen LogP contribution is -2.18. The molecule has 0 bridgehead atoms. The maximum Gasteiger partial charge on any atom is 0.433 e. The minimum atomic E-state index is -4.71. The largest absolute Gasteiger partial charge is 0.433 e. The topological polar surface area (TPSA) is 101 Å². The van der Waals surface area contributed by atoms with Gasteiger partial charge in [0.25, 0.3) is 5.91 Å². The van der Waals surface area contributed by atoms with E-state index in [0.717, 1.165) is 24.3 Å². The highest BCUT2D eigenvalue weighted by molar-refractivity contribution is 6.03. The highest BCUT2D eigenvalue weighted by atomic mass is 19.4. The molecular formula is C16H14F4N4O2. The van der Waals surface area contributed by atoms with E-state index in [0.29, 0.717) is 0 Å². The normalized spacial score (nSPS) is 11.7. The zero-order chi connectivity index (χ0) is 19.3. The van der Waals surface area contributed by atoms with E-state index in [1.165, 1.54) is 12.3 Å². The van der Waals surface area contributed by atoms with Crippen LogP contribution in [0.25, 0.3) is 0 Å². The zero-order valence-electron chi connectivity index (χ0n) is 13.2. The fourth-order valence-electron chi connectivity index (χ4n) is 1.94. The summed E-state index contributed by atoms with van der Waals surface area (Å²) in [5.41, 5.74) is 3.89. The van der Waals surface area contributed by atoms with Gasteiger partial charge in [0.15, 0.2) is 0 Å². The number of aliphatic hydroxyl groups is 1. The van der Waals surface area contributed by atoms with Crippen molar-refractivity contribution in [1.82, 2.24) is 4.98 Å². The lowest BCUT2D eigenvalue weighted by Gasteiger charge is -2.10. The van der Waals surface area contributed by atoms with Gasteiger partial charge in [-0.1, -0.05) is 6.07 Å². The van der Waals surface area contributed by atoms with Gasteiger partial charge in [-0.15, -0.1) is 0 Å². The van der Waals surface area contributed by atoms with Gasteiger partial charge >= 0.3 is 6.18 Å². The SMILES string of the molecule is Nc1cc(F)c(NC(=O)c2cccc(C(F)(F)F)n2)cc1C=NCCO. The number of pyridine rings is 1. The van der Waals surface area contributed by atoms with E-state index in [-0.39, 0.29) is 30.1 Å². The molecule has 0 aliphatic carbocycles. The van der Waals surface area contributed by atoms with Crippen LogP contribution >= 0.6 is 0 Å². The van der Waals surface area contributed by atoms with Gasteiger partial charge in [0.2, 0.25) is 0 Å². The van der Waals surface area contributed by atoms with Crippen LogP contribution in [0.2, 0.25) is 0 Å².